The molecule has 0 radical (unpaired) electrons. The van der Waals surface area contributed by atoms with E-state index in [0.29, 0.717) is 12.0 Å². The Morgan fingerprint density at radius 3 is 2.50 bits per heavy atom. The summed E-state index contributed by atoms with van der Waals surface area (Å²) in [6.45, 7) is 7.55. The molecule has 0 aliphatic carbocycles. The highest BCUT2D eigenvalue weighted by atomic mass is 19.1. The molecule has 0 aromatic carbocycles. The van der Waals surface area contributed by atoms with Crippen LogP contribution in [0.5, 0.6) is 0 Å². The number of aromatic nitrogens is 1. The highest BCUT2D eigenvalue weighted by Crippen LogP contribution is 2.14. The molecule has 3 nitrogen and oxygen atoms in total. The molecular weight excluding hydrogens is 229 g/mol. The second kappa shape index (κ2) is 6.81. The molecule has 0 saturated heterocycles. The van der Waals surface area contributed by atoms with E-state index in [2.05, 4.69) is 37.7 Å². The number of pyridine rings is 1. The van der Waals surface area contributed by atoms with Crippen molar-refractivity contribution in [1.29, 1.82) is 0 Å². The number of hydrogen-bond acceptors (Lipinski definition) is 3. The summed E-state index contributed by atoms with van der Waals surface area (Å²) in [4.78, 5) is 6.32. The quantitative estimate of drug-likeness (QED) is 0.847. The van der Waals surface area contributed by atoms with Crippen LogP contribution < -0.4 is 5.73 Å². The normalized spacial score (nSPS) is 15.1. The summed E-state index contributed by atoms with van der Waals surface area (Å²) in [5.41, 5.74) is 6.81. The maximum Gasteiger partial charge on any atom is 0.141 e. The average molecular weight is 253 g/mol. The van der Waals surface area contributed by atoms with Crippen LogP contribution in [0.4, 0.5) is 4.39 Å². The summed E-state index contributed by atoms with van der Waals surface area (Å²) < 4.78 is 12.7. The van der Waals surface area contributed by atoms with Gasteiger partial charge in [-0.1, -0.05) is 13.8 Å². The Morgan fingerprint density at radius 1 is 1.33 bits per heavy atom. The Bertz CT molecular complexity index is 351. The van der Waals surface area contributed by atoms with Crippen LogP contribution in [0.2, 0.25) is 0 Å². The van der Waals surface area contributed by atoms with E-state index in [-0.39, 0.29) is 11.9 Å². The lowest BCUT2D eigenvalue weighted by atomic mass is 10.0. The van der Waals surface area contributed by atoms with Crippen molar-refractivity contribution in [3.63, 3.8) is 0 Å². The van der Waals surface area contributed by atoms with E-state index in [9.17, 15) is 4.39 Å². The molecule has 1 aromatic heterocycles. The minimum atomic E-state index is -0.323. The zero-order valence-electron chi connectivity index (χ0n) is 11.7. The van der Waals surface area contributed by atoms with Gasteiger partial charge in [-0.15, -0.1) is 0 Å². The predicted octanol–water partition coefficient (Wildman–Crippen LogP) is 2.59. The Hall–Kier alpha value is -1.00. The Labute approximate surface area is 109 Å². The minimum absolute atomic E-state index is 0.132. The third-order valence-electron chi connectivity index (χ3n) is 3.58. The first-order valence-electron chi connectivity index (χ1n) is 6.49. The molecule has 0 amide bonds. The summed E-state index contributed by atoms with van der Waals surface area (Å²) >= 11 is 0. The molecule has 2 unspecified atom stereocenters. The van der Waals surface area contributed by atoms with E-state index in [1.54, 1.807) is 6.07 Å². The van der Waals surface area contributed by atoms with Gasteiger partial charge in [0.1, 0.15) is 5.82 Å². The summed E-state index contributed by atoms with van der Waals surface area (Å²) in [7, 11) is 2.11. The van der Waals surface area contributed by atoms with Crippen molar-refractivity contribution in [2.45, 2.75) is 39.3 Å². The van der Waals surface area contributed by atoms with Gasteiger partial charge in [0.05, 0.1) is 11.9 Å². The standard InChI is InChI=1S/C14H24FN3/c1-10(2)11(3)18(4)8-7-13(16)14-6-5-12(15)9-17-14/h5-6,9-11,13H,7-8,16H2,1-4H3. The molecule has 1 rings (SSSR count). The van der Waals surface area contributed by atoms with E-state index >= 15 is 0 Å². The Kier molecular flexibility index (Phi) is 5.69. The molecule has 0 saturated carbocycles. The lowest BCUT2D eigenvalue weighted by Gasteiger charge is -2.28. The molecule has 4 heteroatoms. The molecule has 102 valence electrons. The van der Waals surface area contributed by atoms with E-state index in [1.165, 1.54) is 12.3 Å². The van der Waals surface area contributed by atoms with Gasteiger partial charge in [0.2, 0.25) is 0 Å². The molecule has 2 N–H and O–H groups in total. The molecule has 0 bridgehead atoms. The van der Waals surface area contributed by atoms with E-state index in [4.69, 9.17) is 5.73 Å². The van der Waals surface area contributed by atoms with Gasteiger partial charge < -0.3 is 10.6 Å². The van der Waals surface area contributed by atoms with E-state index in [0.717, 1.165) is 18.7 Å². The topological polar surface area (TPSA) is 42.1 Å². The second-order valence-electron chi connectivity index (χ2n) is 5.26. The average Bonchev–Trinajstić information content (AvgIpc) is 2.35. The van der Waals surface area contributed by atoms with Gasteiger partial charge in [-0.3, -0.25) is 4.98 Å². The van der Waals surface area contributed by atoms with Crippen LogP contribution >= 0.6 is 0 Å². The summed E-state index contributed by atoms with van der Waals surface area (Å²) in [5.74, 6) is 0.298. The maximum atomic E-state index is 12.7. The number of nitrogens with zero attached hydrogens (tertiary/aromatic N) is 2. The zero-order chi connectivity index (χ0) is 13.7. The predicted molar refractivity (Wildman–Crippen MR) is 72.7 cm³/mol. The van der Waals surface area contributed by atoms with Crippen molar-refractivity contribution in [1.82, 2.24) is 9.88 Å². The van der Waals surface area contributed by atoms with Gasteiger partial charge in [0, 0.05) is 12.1 Å². The molecule has 0 aliphatic rings. The van der Waals surface area contributed by atoms with Gasteiger partial charge in [0.25, 0.3) is 0 Å². The molecular formula is C14H24FN3. The first-order valence-corrected chi connectivity index (χ1v) is 6.49. The van der Waals surface area contributed by atoms with Gasteiger partial charge in [-0.25, -0.2) is 4.39 Å². The third-order valence-corrected chi connectivity index (χ3v) is 3.58. The zero-order valence-corrected chi connectivity index (χ0v) is 11.7. The lowest BCUT2D eigenvalue weighted by molar-refractivity contribution is 0.201. The van der Waals surface area contributed by atoms with Crippen molar-refractivity contribution < 1.29 is 4.39 Å². The molecule has 1 aromatic rings. The van der Waals surface area contributed by atoms with E-state index < -0.39 is 0 Å². The number of nitrogens with two attached hydrogens (primary N) is 1. The minimum Gasteiger partial charge on any atom is -0.323 e. The molecule has 2 atom stereocenters. The van der Waals surface area contributed by atoms with Crippen LogP contribution in [-0.2, 0) is 0 Å². The van der Waals surface area contributed by atoms with Gasteiger partial charge in [-0.2, -0.15) is 0 Å². The fraction of sp³-hybridized carbons (Fsp3) is 0.643. The lowest BCUT2D eigenvalue weighted by Crippen LogP contribution is -2.35. The van der Waals surface area contributed by atoms with Crippen LogP contribution in [0.15, 0.2) is 18.3 Å². The third kappa shape index (κ3) is 4.35. The Balaban J connectivity index is 2.46. The van der Waals surface area contributed by atoms with Crippen molar-refractivity contribution in [3.05, 3.63) is 29.8 Å². The molecule has 1 heterocycles. The fourth-order valence-electron chi connectivity index (χ4n) is 1.81. The monoisotopic (exact) mass is 253 g/mol. The number of halogens is 1. The first-order chi connectivity index (χ1) is 8.41. The summed E-state index contributed by atoms with van der Waals surface area (Å²) in [6.07, 6.45) is 2.04. The second-order valence-corrected chi connectivity index (χ2v) is 5.26. The Morgan fingerprint density at radius 2 is 2.00 bits per heavy atom. The smallest absolute Gasteiger partial charge is 0.141 e. The van der Waals surface area contributed by atoms with Gasteiger partial charge >= 0.3 is 0 Å². The molecule has 18 heavy (non-hydrogen) atoms. The van der Waals surface area contributed by atoms with Crippen LogP contribution in [0.3, 0.4) is 0 Å². The van der Waals surface area contributed by atoms with Crippen LogP contribution in [0.1, 0.15) is 38.9 Å². The number of hydrogen-bond donors (Lipinski definition) is 1. The van der Waals surface area contributed by atoms with Gasteiger partial charge in [0.15, 0.2) is 0 Å². The SMILES string of the molecule is CC(C)C(C)N(C)CCC(N)c1ccc(F)cn1. The van der Waals surface area contributed by atoms with Gasteiger partial charge in [-0.05, 0) is 45.0 Å². The van der Waals surface area contributed by atoms with Crippen molar-refractivity contribution in [2.24, 2.45) is 11.7 Å². The first kappa shape index (κ1) is 15.1. The van der Waals surface area contributed by atoms with Crippen LogP contribution in [-0.4, -0.2) is 29.5 Å². The molecule has 0 aliphatic heterocycles. The molecule has 0 fully saturated rings. The molecule has 0 spiro atoms. The highest BCUT2D eigenvalue weighted by Gasteiger charge is 2.15. The van der Waals surface area contributed by atoms with Crippen LogP contribution in [0.25, 0.3) is 0 Å². The van der Waals surface area contributed by atoms with E-state index in [1.807, 2.05) is 0 Å². The highest BCUT2D eigenvalue weighted by molar-refractivity contribution is 5.09. The van der Waals surface area contributed by atoms with Crippen molar-refractivity contribution in [3.8, 4) is 0 Å². The summed E-state index contributed by atoms with van der Waals surface area (Å²) in [6, 6.07) is 3.46. The van der Waals surface area contributed by atoms with Crippen molar-refractivity contribution >= 4 is 0 Å². The fourth-order valence-corrected chi connectivity index (χ4v) is 1.81. The largest absolute Gasteiger partial charge is 0.323 e. The van der Waals surface area contributed by atoms with Crippen LogP contribution in [0, 0.1) is 11.7 Å². The maximum absolute atomic E-state index is 12.7. The number of rotatable bonds is 6. The summed E-state index contributed by atoms with van der Waals surface area (Å²) in [5, 5.41) is 0. The van der Waals surface area contributed by atoms with Crippen molar-refractivity contribution in [2.75, 3.05) is 13.6 Å².